The van der Waals surface area contributed by atoms with Crippen LogP contribution in [0.15, 0.2) is 23.6 Å². The second kappa shape index (κ2) is 7.97. The number of carbonyl (C=O) groups excluding carboxylic acids is 1. The van der Waals surface area contributed by atoms with E-state index < -0.39 is 0 Å². The van der Waals surface area contributed by atoms with Gasteiger partial charge < -0.3 is 5.32 Å². The van der Waals surface area contributed by atoms with E-state index in [-0.39, 0.29) is 17.8 Å². The molecule has 0 bridgehead atoms. The lowest BCUT2D eigenvalue weighted by atomic mass is 9.97. The number of likely N-dealkylation sites (tertiary alicyclic amines) is 1. The van der Waals surface area contributed by atoms with E-state index >= 15 is 0 Å². The van der Waals surface area contributed by atoms with Crippen molar-refractivity contribution in [3.8, 4) is 0 Å². The molecular weight excluding hydrogens is 372 g/mol. The predicted octanol–water partition coefficient (Wildman–Crippen LogP) is 3.01. The zero-order chi connectivity index (χ0) is 19.7. The fourth-order valence-electron chi connectivity index (χ4n) is 3.76. The molecule has 1 amide bonds. The Kier molecular flexibility index (Phi) is 5.41. The van der Waals surface area contributed by atoms with E-state index in [1.165, 1.54) is 17.7 Å². The molecule has 3 aromatic heterocycles. The molecule has 4 heterocycles. The van der Waals surface area contributed by atoms with E-state index in [1.807, 2.05) is 19.9 Å². The minimum atomic E-state index is -0.255. The van der Waals surface area contributed by atoms with Crippen LogP contribution in [0.3, 0.4) is 0 Å². The Labute approximate surface area is 168 Å². The lowest BCUT2D eigenvalue weighted by Gasteiger charge is -2.36. The molecule has 148 valence electrons. The van der Waals surface area contributed by atoms with Gasteiger partial charge in [-0.05, 0) is 63.2 Å². The molecule has 0 spiro atoms. The predicted molar refractivity (Wildman–Crippen MR) is 110 cm³/mol. The summed E-state index contributed by atoms with van der Waals surface area (Å²) in [6.07, 6.45) is 2.40. The molecule has 7 nitrogen and oxygen atoms in total. The maximum absolute atomic E-state index is 12.7. The highest BCUT2D eigenvalue weighted by molar-refractivity contribution is 7.10. The topological polar surface area (TPSA) is 75.4 Å². The molecule has 0 unspecified atom stereocenters. The molecule has 0 radical (unpaired) electrons. The zero-order valence-electron chi connectivity index (χ0n) is 16.6. The number of thiophene rings is 1. The van der Waals surface area contributed by atoms with Crippen molar-refractivity contribution in [2.45, 2.75) is 39.7 Å². The van der Waals surface area contributed by atoms with Gasteiger partial charge >= 0.3 is 0 Å². The van der Waals surface area contributed by atoms with Gasteiger partial charge in [0.1, 0.15) is 0 Å². The number of aromatic nitrogens is 4. The molecule has 1 aliphatic heterocycles. The van der Waals surface area contributed by atoms with Gasteiger partial charge in [-0.15, -0.1) is 16.4 Å². The van der Waals surface area contributed by atoms with Crippen molar-refractivity contribution in [3.05, 3.63) is 45.7 Å². The summed E-state index contributed by atoms with van der Waals surface area (Å²) in [7, 11) is 0. The number of hydrogen-bond acceptors (Lipinski definition) is 6. The molecule has 4 rings (SSSR count). The van der Waals surface area contributed by atoms with Gasteiger partial charge in [-0.2, -0.15) is 4.98 Å². The van der Waals surface area contributed by atoms with Crippen LogP contribution >= 0.6 is 11.3 Å². The molecule has 28 heavy (non-hydrogen) atoms. The van der Waals surface area contributed by atoms with Gasteiger partial charge in [-0.25, -0.2) is 9.50 Å². The van der Waals surface area contributed by atoms with Crippen LogP contribution in [0, 0.1) is 19.8 Å². The average molecular weight is 399 g/mol. The molecule has 3 aromatic rings. The highest BCUT2D eigenvalue weighted by atomic mass is 32.1. The minimum Gasteiger partial charge on any atom is -0.347 e. The summed E-state index contributed by atoms with van der Waals surface area (Å²) in [6, 6.07) is 6.34. The molecule has 1 atom stereocenters. The van der Waals surface area contributed by atoms with Crippen molar-refractivity contribution < 1.29 is 4.79 Å². The van der Waals surface area contributed by atoms with E-state index in [0.29, 0.717) is 12.3 Å². The fraction of sp³-hybridized carbons (Fsp3) is 0.500. The van der Waals surface area contributed by atoms with Crippen molar-refractivity contribution >= 4 is 23.0 Å². The van der Waals surface area contributed by atoms with Crippen LogP contribution in [0.25, 0.3) is 5.78 Å². The third-order valence-electron chi connectivity index (χ3n) is 5.41. The summed E-state index contributed by atoms with van der Waals surface area (Å²) in [4.78, 5) is 25.2. The Balaban J connectivity index is 1.49. The number of amides is 1. The van der Waals surface area contributed by atoms with Crippen LogP contribution in [-0.4, -0.2) is 50.0 Å². The lowest BCUT2D eigenvalue weighted by Crippen LogP contribution is -2.41. The van der Waals surface area contributed by atoms with Crippen molar-refractivity contribution in [1.82, 2.24) is 29.8 Å². The Morgan fingerprint density at radius 3 is 2.82 bits per heavy atom. The molecular formula is C20H26N6OS. The minimum absolute atomic E-state index is 0.165. The van der Waals surface area contributed by atoms with Gasteiger partial charge in [0.15, 0.2) is 0 Å². The standard InChI is InChI=1S/C20H26N6OS/c1-13-6-8-25(9-7-13)16(17-5-4-10-28-17)12-21-19(27)18-23-20-22-14(2)11-15(3)26(20)24-18/h4-5,10-11,13,16H,6-9,12H2,1-3H3,(H,21,27)/t16-/m1/s1. The van der Waals surface area contributed by atoms with Gasteiger partial charge in [0.25, 0.3) is 11.7 Å². The van der Waals surface area contributed by atoms with Crippen LogP contribution < -0.4 is 5.32 Å². The highest BCUT2D eigenvalue weighted by Crippen LogP contribution is 2.29. The summed E-state index contributed by atoms with van der Waals surface area (Å²) >= 11 is 1.74. The molecule has 0 saturated carbocycles. The average Bonchev–Trinajstić information content (AvgIpc) is 3.33. The molecule has 1 fully saturated rings. The number of nitrogens with zero attached hydrogens (tertiary/aromatic N) is 5. The Hall–Kier alpha value is -2.32. The Morgan fingerprint density at radius 2 is 2.11 bits per heavy atom. The van der Waals surface area contributed by atoms with E-state index in [2.05, 4.69) is 49.7 Å². The first-order valence-electron chi connectivity index (χ1n) is 9.78. The smallest absolute Gasteiger partial charge is 0.291 e. The molecule has 1 N–H and O–H groups in total. The van der Waals surface area contributed by atoms with Crippen LogP contribution in [0.5, 0.6) is 0 Å². The van der Waals surface area contributed by atoms with E-state index in [4.69, 9.17) is 0 Å². The second-order valence-electron chi connectivity index (χ2n) is 7.65. The van der Waals surface area contributed by atoms with Crippen LogP contribution in [-0.2, 0) is 0 Å². The summed E-state index contributed by atoms with van der Waals surface area (Å²) in [5.74, 6) is 1.14. The number of hydrogen-bond donors (Lipinski definition) is 1. The number of carbonyl (C=O) groups is 1. The van der Waals surface area contributed by atoms with Crippen molar-refractivity contribution in [3.63, 3.8) is 0 Å². The number of nitrogens with one attached hydrogen (secondary N) is 1. The van der Waals surface area contributed by atoms with Crippen molar-refractivity contribution in [2.24, 2.45) is 5.92 Å². The molecule has 0 aromatic carbocycles. The number of fused-ring (bicyclic) bond motifs is 1. The fourth-order valence-corrected chi connectivity index (χ4v) is 4.62. The molecule has 0 aliphatic carbocycles. The van der Waals surface area contributed by atoms with Crippen molar-refractivity contribution in [1.29, 1.82) is 0 Å². The summed E-state index contributed by atoms with van der Waals surface area (Å²) < 4.78 is 1.62. The maximum Gasteiger partial charge on any atom is 0.291 e. The van der Waals surface area contributed by atoms with Crippen LogP contribution in [0.2, 0.25) is 0 Å². The van der Waals surface area contributed by atoms with Crippen LogP contribution in [0.4, 0.5) is 0 Å². The largest absolute Gasteiger partial charge is 0.347 e. The monoisotopic (exact) mass is 398 g/mol. The van der Waals surface area contributed by atoms with Gasteiger partial charge in [0, 0.05) is 22.8 Å². The summed E-state index contributed by atoms with van der Waals surface area (Å²) in [6.45, 7) is 8.83. The highest BCUT2D eigenvalue weighted by Gasteiger charge is 2.26. The lowest BCUT2D eigenvalue weighted by molar-refractivity contribution is 0.0905. The van der Waals surface area contributed by atoms with Gasteiger partial charge in [0.2, 0.25) is 5.82 Å². The Morgan fingerprint density at radius 1 is 1.32 bits per heavy atom. The first kappa shape index (κ1) is 19.0. The normalized spacial score (nSPS) is 17.1. The van der Waals surface area contributed by atoms with E-state index in [0.717, 1.165) is 30.4 Å². The Bertz CT molecular complexity index is 959. The molecule has 1 aliphatic rings. The van der Waals surface area contributed by atoms with E-state index in [9.17, 15) is 4.79 Å². The van der Waals surface area contributed by atoms with E-state index in [1.54, 1.807) is 15.9 Å². The number of rotatable bonds is 5. The first-order valence-corrected chi connectivity index (χ1v) is 10.7. The third kappa shape index (κ3) is 3.93. The SMILES string of the molecule is Cc1cc(C)n2nc(C(=O)NC[C@H](c3cccs3)N3CCC(C)CC3)nc2n1. The number of aryl methyl sites for hydroxylation is 2. The van der Waals surface area contributed by atoms with Gasteiger partial charge in [0.05, 0.1) is 6.04 Å². The first-order chi connectivity index (χ1) is 13.5. The summed E-state index contributed by atoms with van der Waals surface area (Å²) in [5.41, 5.74) is 1.77. The maximum atomic E-state index is 12.7. The van der Waals surface area contributed by atoms with Crippen molar-refractivity contribution in [2.75, 3.05) is 19.6 Å². The molecule has 8 heteroatoms. The quantitative estimate of drug-likeness (QED) is 0.715. The van der Waals surface area contributed by atoms with Gasteiger partial charge in [-0.3, -0.25) is 9.69 Å². The van der Waals surface area contributed by atoms with Gasteiger partial charge in [-0.1, -0.05) is 13.0 Å². The van der Waals surface area contributed by atoms with Crippen LogP contribution in [0.1, 0.15) is 52.7 Å². The number of piperidine rings is 1. The summed E-state index contributed by atoms with van der Waals surface area (Å²) in [5, 5.41) is 9.48. The zero-order valence-corrected chi connectivity index (χ0v) is 17.4. The molecule has 1 saturated heterocycles. The third-order valence-corrected chi connectivity index (χ3v) is 6.38. The second-order valence-corrected chi connectivity index (χ2v) is 8.63.